The van der Waals surface area contributed by atoms with Crippen LogP contribution in [-0.2, 0) is 0 Å². The third kappa shape index (κ3) is 2.36. The molecule has 2 aromatic carbocycles. The van der Waals surface area contributed by atoms with E-state index in [1.54, 1.807) is 18.5 Å². The van der Waals surface area contributed by atoms with Crippen LogP contribution in [0.15, 0.2) is 54.9 Å². The molecule has 0 aliphatic rings. The molecule has 0 fully saturated rings. The molecule has 1 N–H and O–H groups in total. The molecule has 4 nitrogen and oxygen atoms in total. The molecule has 98 valence electrons. The molecule has 1 heterocycles. The number of amides is 1. The van der Waals surface area contributed by atoms with E-state index in [9.17, 15) is 4.79 Å². The molecular weight excluding hydrogens is 250 g/mol. The van der Waals surface area contributed by atoms with Crippen molar-refractivity contribution >= 4 is 22.6 Å². The second kappa shape index (κ2) is 5.09. The van der Waals surface area contributed by atoms with Gasteiger partial charge in [-0.15, -0.1) is 0 Å². The molecule has 3 aromatic rings. The highest BCUT2D eigenvalue weighted by atomic mass is 16.1. The Hall–Kier alpha value is -2.75. The molecular formula is C16H13N3O. The van der Waals surface area contributed by atoms with Crippen molar-refractivity contribution in [3.8, 4) is 0 Å². The highest BCUT2D eigenvalue weighted by Crippen LogP contribution is 2.16. The van der Waals surface area contributed by atoms with Gasteiger partial charge >= 0.3 is 0 Å². The highest BCUT2D eigenvalue weighted by molar-refractivity contribution is 6.11. The Kier molecular flexibility index (Phi) is 3.13. The molecule has 0 unspecified atom stereocenters. The number of para-hydroxylation sites is 1. The molecule has 0 saturated heterocycles. The van der Waals surface area contributed by atoms with Crippen LogP contribution in [0.4, 0.5) is 5.69 Å². The number of benzene rings is 2. The zero-order chi connectivity index (χ0) is 13.9. The summed E-state index contributed by atoms with van der Waals surface area (Å²) in [6, 6.07) is 13.1. The minimum absolute atomic E-state index is 0.179. The van der Waals surface area contributed by atoms with Crippen molar-refractivity contribution in [2.45, 2.75) is 6.92 Å². The van der Waals surface area contributed by atoms with Gasteiger partial charge in [0.2, 0.25) is 0 Å². The molecule has 1 aromatic heterocycles. The van der Waals surface area contributed by atoms with Gasteiger partial charge in [0.15, 0.2) is 0 Å². The predicted octanol–water partition coefficient (Wildman–Crippen LogP) is 3.19. The molecule has 0 spiro atoms. The van der Waals surface area contributed by atoms with Gasteiger partial charge in [0.25, 0.3) is 5.91 Å². The van der Waals surface area contributed by atoms with Crippen LogP contribution in [0.5, 0.6) is 0 Å². The van der Waals surface area contributed by atoms with Crippen LogP contribution in [0.25, 0.3) is 11.0 Å². The summed E-state index contributed by atoms with van der Waals surface area (Å²) < 4.78 is 0. The third-order valence-electron chi connectivity index (χ3n) is 3.02. The SMILES string of the molecule is Cc1cccc(NC(=O)c2cccc3nccnc23)c1. The fourth-order valence-corrected chi connectivity index (χ4v) is 2.10. The van der Waals surface area contributed by atoms with Gasteiger partial charge in [-0.3, -0.25) is 14.8 Å². The summed E-state index contributed by atoms with van der Waals surface area (Å²) in [5, 5.41) is 2.88. The quantitative estimate of drug-likeness (QED) is 0.772. The lowest BCUT2D eigenvalue weighted by Crippen LogP contribution is -2.13. The molecule has 0 aliphatic heterocycles. The number of carbonyl (C=O) groups is 1. The number of nitrogens with zero attached hydrogens (tertiary/aromatic N) is 2. The first-order valence-electron chi connectivity index (χ1n) is 6.32. The zero-order valence-corrected chi connectivity index (χ0v) is 11.0. The number of hydrogen-bond donors (Lipinski definition) is 1. The number of hydrogen-bond acceptors (Lipinski definition) is 3. The second-order valence-corrected chi connectivity index (χ2v) is 4.55. The van der Waals surface area contributed by atoms with Crippen LogP contribution in [0.2, 0.25) is 0 Å². The first kappa shape index (κ1) is 12.3. The molecule has 0 bridgehead atoms. The van der Waals surface area contributed by atoms with Crippen LogP contribution >= 0.6 is 0 Å². The van der Waals surface area contributed by atoms with E-state index in [1.807, 2.05) is 43.3 Å². The fraction of sp³-hybridized carbons (Fsp3) is 0.0625. The van der Waals surface area contributed by atoms with Crippen molar-refractivity contribution in [3.63, 3.8) is 0 Å². The van der Waals surface area contributed by atoms with E-state index >= 15 is 0 Å². The maximum Gasteiger partial charge on any atom is 0.257 e. The average Bonchev–Trinajstić information content (AvgIpc) is 2.46. The second-order valence-electron chi connectivity index (χ2n) is 4.55. The topological polar surface area (TPSA) is 54.9 Å². The van der Waals surface area contributed by atoms with Crippen molar-refractivity contribution in [3.05, 3.63) is 66.0 Å². The summed E-state index contributed by atoms with van der Waals surface area (Å²) in [7, 11) is 0. The third-order valence-corrected chi connectivity index (χ3v) is 3.02. The highest BCUT2D eigenvalue weighted by Gasteiger charge is 2.11. The van der Waals surface area contributed by atoms with Crippen LogP contribution in [0.1, 0.15) is 15.9 Å². The van der Waals surface area contributed by atoms with Crippen molar-refractivity contribution in [1.82, 2.24) is 9.97 Å². The van der Waals surface area contributed by atoms with E-state index in [1.165, 1.54) is 0 Å². The number of aryl methyl sites for hydroxylation is 1. The molecule has 0 saturated carbocycles. The summed E-state index contributed by atoms with van der Waals surface area (Å²) in [4.78, 5) is 20.8. The number of aromatic nitrogens is 2. The van der Waals surface area contributed by atoms with E-state index in [2.05, 4.69) is 15.3 Å². The Balaban J connectivity index is 1.97. The summed E-state index contributed by atoms with van der Waals surface area (Å²) >= 11 is 0. The molecule has 0 aliphatic carbocycles. The molecule has 0 radical (unpaired) electrons. The largest absolute Gasteiger partial charge is 0.322 e. The maximum absolute atomic E-state index is 12.4. The van der Waals surface area contributed by atoms with Crippen molar-refractivity contribution in [2.24, 2.45) is 0 Å². The lowest BCUT2D eigenvalue weighted by atomic mass is 10.1. The van der Waals surface area contributed by atoms with Gasteiger partial charge in [0.05, 0.1) is 11.1 Å². The summed E-state index contributed by atoms with van der Waals surface area (Å²) in [5.74, 6) is -0.179. The van der Waals surface area contributed by atoms with Gasteiger partial charge in [0.1, 0.15) is 5.52 Å². The van der Waals surface area contributed by atoms with Gasteiger partial charge in [-0.25, -0.2) is 0 Å². The van der Waals surface area contributed by atoms with Crippen molar-refractivity contribution in [2.75, 3.05) is 5.32 Å². The van der Waals surface area contributed by atoms with Crippen LogP contribution in [0, 0.1) is 6.92 Å². The van der Waals surface area contributed by atoms with Gasteiger partial charge < -0.3 is 5.32 Å². The standard InChI is InChI=1S/C16H13N3O/c1-11-4-2-5-12(10-11)19-16(20)13-6-3-7-14-15(13)18-9-8-17-14/h2-10H,1H3,(H,19,20). The number of anilines is 1. The summed E-state index contributed by atoms with van der Waals surface area (Å²) in [6.45, 7) is 1.99. The maximum atomic E-state index is 12.4. The summed E-state index contributed by atoms with van der Waals surface area (Å²) in [6.07, 6.45) is 3.20. The summed E-state index contributed by atoms with van der Waals surface area (Å²) in [5.41, 5.74) is 3.72. The Morgan fingerprint density at radius 2 is 1.85 bits per heavy atom. The van der Waals surface area contributed by atoms with Gasteiger partial charge in [-0.2, -0.15) is 0 Å². The van der Waals surface area contributed by atoms with E-state index < -0.39 is 0 Å². The van der Waals surface area contributed by atoms with Crippen LogP contribution < -0.4 is 5.32 Å². The predicted molar refractivity (Wildman–Crippen MR) is 78.7 cm³/mol. The lowest BCUT2D eigenvalue weighted by molar-refractivity contribution is 0.102. The normalized spacial score (nSPS) is 10.4. The number of nitrogens with one attached hydrogen (secondary N) is 1. The Bertz CT molecular complexity index is 778. The van der Waals surface area contributed by atoms with E-state index in [0.29, 0.717) is 16.6 Å². The molecule has 3 rings (SSSR count). The number of rotatable bonds is 2. The monoisotopic (exact) mass is 263 g/mol. The van der Waals surface area contributed by atoms with Gasteiger partial charge in [-0.1, -0.05) is 18.2 Å². The molecule has 0 atom stereocenters. The Morgan fingerprint density at radius 3 is 2.70 bits per heavy atom. The van der Waals surface area contributed by atoms with E-state index in [4.69, 9.17) is 0 Å². The molecule has 20 heavy (non-hydrogen) atoms. The van der Waals surface area contributed by atoms with Gasteiger partial charge in [-0.05, 0) is 36.8 Å². The van der Waals surface area contributed by atoms with E-state index in [-0.39, 0.29) is 5.91 Å². The van der Waals surface area contributed by atoms with Crippen molar-refractivity contribution < 1.29 is 4.79 Å². The Morgan fingerprint density at radius 1 is 1.05 bits per heavy atom. The lowest BCUT2D eigenvalue weighted by Gasteiger charge is -2.07. The molecule has 4 heteroatoms. The number of fused-ring (bicyclic) bond motifs is 1. The van der Waals surface area contributed by atoms with Crippen LogP contribution in [0.3, 0.4) is 0 Å². The van der Waals surface area contributed by atoms with Crippen molar-refractivity contribution in [1.29, 1.82) is 0 Å². The fourth-order valence-electron chi connectivity index (χ4n) is 2.10. The Labute approximate surface area is 116 Å². The van der Waals surface area contributed by atoms with Gasteiger partial charge in [0, 0.05) is 18.1 Å². The first-order chi connectivity index (χ1) is 9.74. The minimum atomic E-state index is -0.179. The average molecular weight is 263 g/mol. The molecule has 1 amide bonds. The van der Waals surface area contributed by atoms with E-state index in [0.717, 1.165) is 11.3 Å². The first-order valence-corrected chi connectivity index (χ1v) is 6.32. The zero-order valence-electron chi connectivity index (χ0n) is 11.0. The van der Waals surface area contributed by atoms with Crippen LogP contribution in [-0.4, -0.2) is 15.9 Å². The number of carbonyl (C=O) groups excluding carboxylic acids is 1. The minimum Gasteiger partial charge on any atom is -0.322 e. The smallest absolute Gasteiger partial charge is 0.257 e.